The van der Waals surface area contributed by atoms with Crippen molar-refractivity contribution in [1.29, 1.82) is 0 Å². The van der Waals surface area contributed by atoms with Gasteiger partial charge in [0.15, 0.2) is 19.8 Å². The standard InChI is InChI=1S/C29H48O4Si2/c1-28(2,20-12-16-24-15-10-11-17-25(24)30)35(8,9)33-29(3,4)34(6,7)21-13-14-23-18-19-26(31)27(22-23)32-5/h10-11,15,17-19,22,30-31H,12-14,16,20-21H2,1-9H3. The molecule has 0 unspecified atom stereocenters. The molecule has 0 bridgehead atoms. The predicted molar refractivity (Wildman–Crippen MR) is 153 cm³/mol. The van der Waals surface area contributed by atoms with Crippen LogP contribution >= 0.6 is 0 Å². The molecule has 2 rings (SSSR count). The van der Waals surface area contributed by atoms with Gasteiger partial charge in [-0.3, -0.25) is 0 Å². The zero-order valence-corrected chi connectivity index (χ0v) is 25.5. The molecule has 2 aromatic carbocycles. The van der Waals surface area contributed by atoms with Gasteiger partial charge in [0, 0.05) is 5.22 Å². The summed E-state index contributed by atoms with van der Waals surface area (Å²) in [5, 5.41) is 20.0. The third-order valence-electron chi connectivity index (χ3n) is 8.52. The van der Waals surface area contributed by atoms with Crippen molar-refractivity contribution < 1.29 is 19.4 Å². The zero-order chi connectivity index (χ0) is 26.5. The monoisotopic (exact) mass is 516 g/mol. The van der Waals surface area contributed by atoms with Gasteiger partial charge in [0.25, 0.3) is 0 Å². The first kappa shape index (κ1) is 29.5. The molecule has 0 amide bonds. The molecule has 0 saturated heterocycles. The van der Waals surface area contributed by atoms with Crippen LogP contribution in [0.1, 0.15) is 58.1 Å². The highest BCUT2D eigenvalue weighted by Gasteiger charge is 2.48. The summed E-state index contributed by atoms with van der Waals surface area (Å²) in [7, 11) is -2.13. The van der Waals surface area contributed by atoms with E-state index >= 15 is 0 Å². The van der Waals surface area contributed by atoms with Gasteiger partial charge >= 0.3 is 0 Å². The highest BCUT2D eigenvalue weighted by atomic mass is 28.4. The largest absolute Gasteiger partial charge is 0.508 e. The Hall–Kier alpha value is -1.77. The Balaban J connectivity index is 1.97. The van der Waals surface area contributed by atoms with Crippen LogP contribution in [-0.4, -0.2) is 38.9 Å². The lowest BCUT2D eigenvalue weighted by atomic mass is 10.0. The number of phenols is 2. The number of ether oxygens (including phenoxy) is 1. The minimum absolute atomic E-state index is 0.121. The van der Waals surface area contributed by atoms with E-state index in [9.17, 15) is 10.2 Å². The van der Waals surface area contributed by atoms with Crippen LogP contribution in [0.15, 0.2) is 42.5 Å². The van der Waals surface area contributed by atoms with Gasteiger partial charge in [-0.2, -0.15) is 0 Å². The van der Waals surface area contributed by atoms with Crippen molar-refractivity contribution in [2.24, 2.45) is 0 Å². The molecule has 6 heteroatoms. The molecule has 2 N–H and O–H groups in total. The SMILES string of the molecule is COc1cc(CCC[Si](C)(C)C(C)(C)O[Si](C)(C)C(C)(C)CCCc2ccccc2O)ccc1O. The van der Waals surface area contributed by atoms with Crippen molar-refractivity contribution in [2.75, 3.05) is 7.11 Å². The van der Waals surface area contributed by atoms with Gasteiger partial charge in [-0.05, 0) is 87.0 Å². The second-order valence-electron chi connectivity index (χ2n) is 12.2. The van der Waals surface area contributed by atoms with E-state index in [1.54, 1.807) is 19.2 Å². The molecular weight excluding hydrogens is 468 g/mol. The topological polar surface area (TPSA) is 58.9 Å². The molecule has 0 aliphatic carbocycles. The molecule has 0 spiro atoms. The van der Waals surface area contributed by atoms with Crippen molar-refractivity contribution in [1.82, 2.24) is 0 Å². The van der Waals surface area contributed by atoms with Crippen molar-refractivity contribution in [3.8, 4) is 17.2 Å². The van der Waals surface area contributed by atoms with Crippen LogP contribution < -0.4 is 4.74 Å². The normalized spacial score (nSPS) is 13.2. The summed E-state index contributed by atoms with van der Waals surface area (Å²) in [6.45, 7) is 19.0. The fourth-order valence-corrected chi connectivity index (χ4v) is 10.4. The van der Waals surface area contributed by atoms with Crippen LogP contribution in [0.25, 0.3) is 0 Å². The molecule has 0 aromatic heterocycles. The molecule has 0 aliphatic rings. The second-order valence-corrected chi connectivity index (χ2v) is 22.3. The summed E-state index contributed by atoms with van der Waals surface area (Å²) in [6, 6.07) is 14.5. The minimum atomic E-state index is -2.02. The number of rotatable bonds is 13. The Morgan fingerprint density at radius 2 is 1.49 bits per heavy atom. The number of benzene rings is 2. The number of aryl methyl sites for hydroxylation is 2. The van der Waals surface area contributed by atoms with E-state index in [2.05, 4.69) is 53.9 Å². The Labute approximate surface area is 215 Å². The molecule has 196 valence electrons. The van der Waals surface area contributed by atoms with E-state index in [1.807, 2.05) is 30.3 Å². The van der Waals surface area contributed by atoms with Gasteiger partial charge in [0.2, 0.25) is 0 Å². The third kappa shape index (κ3) is 7.61. The fourth-order valence-electron chi connectivity index (χ4n) is 4.57. The number of para-hydroxylation sites is 1. The summed E-state index contributed by atoms with van der Waals surface area (Å²) in [5.74, 6) is 1.13. The Morgan fingerprint density at radius 3 is 2.11 bits per heavy atom. The predicted octanol–water partition coefficient (Wildman–Crippen LogP) is 8.09. The smallest absolute Gasteiger partial charge is 0.192 e. The highest BCUT2D eigenvalue weighted by molar-refractivity contribution is 6.82. The summed E-state index contributed by atoms with van der Waals surface area (Å²) >= 11 is 0. The van der Waals surface area contributed by atoms with Crippen molar-refractivity contribution in [3.05, 3.63) is 53.6 Å². The number of phenolic OH excluding ortho intramolecular Hbond substituents is 2. The molecular formula is C29H48O4Si2. The van der Waals surface area contributed by atoms with E-state index in [0.29, 0.717) is 11.5 Å². The molecule has 0 heterocycles. The van der Waals surface area contributed by atoms with Gasteiger partial charge in [-0.1, -0.05) is 63.7 Å². The number of aromatic hydroxyl groups is 2. The molecule has 0 fully saturated rings. The van der Waals surface area contributed by atoms with Crippen LogP contribution in [0.2, 0.25) is 37.3 Å². The summed E-state index contributed by atoms with van der Waals surface area (Å²) in [4.78, 5) is 0. The average molecular weight is 517 g/mol. The molecule has 0 saturated carbocycles. The number of hydrogen-bond donors (Lipinski definition) is 2. The summed E-state index contributed by atoms with van der Waals surface area (Å²) in [5.41, 5.74) is 2.23. The first-order valence-corrected chi connectivity index (χ1v) is 19.1. The average Bonchev–Trinajstić information content (AvgIpc) is 2.75. The second kappa shape index (κ2) is 11.5. The summed E-state index contributed by atoms with van der Waals surface area (Å²) < 4.78 is 12.4. The lowest BCUT2D eigenvalue weighted by molar-refractivity contribution is 0.159. The molecule has 0 atom stereocenters. The Kier molecular flexibility index (Phi) is 9.70. The Morgan fingerprint density at radius 1 is 0.829 bits per heavy atom. The maximum absolute atomic E-state index is 10.1. The van der Waals surface area contributed by atoms with Gasteiger partial charge in [0.1, 0.15) is 5.75 Å². The van der Waals surface area contributed by atoms with Crippen molar-refractivity contribution in [2.45, 2.75) is 102 Å². The molecule has 4 nitrogen and oxygen atoms in total. The maximum Gasteiger partial charge on any atom is 0.192 e. The highest BCUT2D eigenvalue weighted by Crippen LogP contribution is 2.46. The number of hydrogen-bond acceptors (Lipinski definition) is 4. The molecule has 0 radical (unpaired) electrons. The third-order valence-corrected chi connectivity index (χ3v) is 18.2. The Bertz CT molecular complexity index is 967. The molecule has 35 heavy (non-hydrogen) atoms. The lowest BCUT2D eigenvalue weighted by Gasteiger charge is -2.50. The molecule has 0 aliphatic heterocycles. The maximum atomic E-state index is 10.1. The van der Waals surface area contributed by atoms with E-state index in [4.69, 9.17) is 9.16 Å². The van der Waals surface area contributed by atoms with Gasteiger partial charge < -0.3 is 19.4 Å². The summed E-state index contributed by atoms with van der Waals surface area (Å²) in [6.07, 6.45) is 5.10. The first-order valence-electron chi connectivity index (χ1n) is 12.9. The van der Waals surface area contributed by atoms with Crippen molar-refractivity contribution >= 4 is 16.4 Å². The van der Waals surface area contributed by atoms with Gasteiger partial charge in [-0.25, -0.2) is 0 Å². The van der Waals surface area contributed by atoms with E-state index in [1.165, 1.54) is 11.6 Å². The van der Waals surface area contributed by atoms with Gasteiger partial charge in [-0.15, -0.1) is 0 Å². The minimum Gasteiger partial charge on any atom is -0.508 e. The number of methoxy groups -OCH3 is 1. The van der Waals surface area contributed by atoms with E-state index in [0.717, 1.165) is 37.7 Å². The lowest BCUT2D eigenvalue weighted by Crippen LogP contribution is -2.59. The van der Waals surface area contributed by atoms with Crippen molar-refractivity contribution in [3.63, 3.8) is 0 Å². The quantitative estimate of drug-likeness (QED) is 0.264. The fraction of sp³-hybridized carbons (Fsp3) is 0.586. The van der Waals surface area contributed by atoms with Crippen LogP contribution in [0.5, 0.6) is 17.2 Å². The zero-order valence-electron chi connectivity index (χ0n) is 23.5. The first-order chi connectivity index (χ1) is 16.1. The van der Waals surface area contributed by atoms with Crippen LogP contribution in [-0.2, 0) is 17.3 Å². The van der Waals surface area contributed by atoms with Crippen LogP contribution in [0, 0.1) is 0 Å². The molecule has 2 aromatic rings. The van der Waals surface area contributed by atoms with E-state index < -0.39 is 16.4 Å². The van der Waals surface area contributed by atoms with Gasteiger partial charge in [0.05, 0.1) is 15.2 Å². The van der Waals surface area contributed by atoms with Crippen LogP contribution in [0.4, 0.5) is 0 Å². The van der Waals surface area contributed by atoms with Crippen LogP contribution in [0.3, 0.4) is 0 Å². The van der Waals surface area contributed by atoms with E-state index in [-0.39, 0.29) is 16.0 Å².